The number of methoxy groups -OCH3 is 1. The van der Waals surface area contributed by atoms with Gasteiger partial charge in [-0.2, -0.15) is 0 Å². The van der Waals surface area contributed by atoms with Crippen LogP contribution in [0.4, 0.5) is 21.0 Å². The van der Waals surface area contributed by atoms with Gasteiger partial charge in [-0.25, -0.2) is 9.59 Å². The first-order valence-electron chi connectivity index (χ1n) is 15.0. The monoisotopic (exact) mass is 631 g/mol. The van der Waals surface area contributed by atoms with Crippen molar-refractivity contribution in [3.63, 3.8) is 0 Å². The summed E-state index contributed by atoms with van der Waals surface area (Å²) >= 11 is 0. The van der Waals surface area contributed by atoms with E-state index in [1.165, 1.54) is 7.11 Å². The number of urea groups is 1. The molecule has 0 unspecified atom stereocenters. The van der Waals surface area contributed by atoms with Gasteiger partial charge in [-0.05, 0) is 68.0 Å². The Morgan fingerprint density at radius 3 is 2.17 bits per heavy atom. The molecule has 0 heterocycles. The highest BCUT2D eigenvalue weighted by molar-refractivity contribution is 6.00. The van der Waals surface area contributed by atoms with Gasteiger partial charge < -0.3 is 36.4 Å². The fourth-order valence-electron chi connectivity index (χ4n) is 4.64. The number of benzene rings is 3. The number of anilines is 2. The number of carbonyl (C=O) groups is 5. The molecule has 5 amide bonds. The van der Waals surface area contributed by atoms with Crippen molar-refractivity contribution < 1.29 is 33.8 Å². The fraction of sp³-hybridized carbons (Fsp3) is 0.324. The van der Waals surface area contributed by atoms with Crippen LogP contribution in [0.1, 0.15) is 54.0 Å². The molecule has 0 radical (unpaired) electrons. The maximum absolute atomic E-state index is 13.4. The minimum absolute atomic E-state index is 0.0279. The van der Waals surface area contributed by atoms with Gasteiger partial charge in [0, 0.05) is 17.9 Å². The molecule has 0 bridgehead atoms. The van der Waals surface area contributed by atoms with E-state index in [0.29, 0.717) is 41.9 Å². The van der Waals surface area contributed by atoms with E-state index in [2.05, 4.69) is 31.3 Å². The van der Waals surface area contributed by atoms with E-state index in [-0.39, 0.29) is 19.3 Å². The third-order valence-corrected chi connectivity index (χ3v) is 7.17. The topological polar surface area (TPSA) is 175 Å². The van der Waals surface area contributed by atoms with Crippen LogP contribution in [-0.4, -0.2) is 54.7 Å². The number of hydrogen-bond donors (Lipinski definition) is 6. The molecule has 0 aliphatic carbocycles. The van der Waals surface area contributed by atoms with Crippen molar-refractivity contribution in [1.82, 2.24) is 16.0 Å². The number of amides is 5. The summed E-state index contributed by atoms with van der Waals surface area (Å²) in [5.74, 6) is -2.00. The third-order valence-electron chi connectivity index (χ3n) is 7.17. The molecule has 0 saturated carbocycles. The molecule has 12 nitrogen and oxygen atoms in total. The maximum atomic E-state index is 13.4. The summed E-state index contributed by atoms with van der Waals surface area (Å²) in [6, 6.07) is 19.2. The summed E-state index contributed by atoms with van der Waals surface area (Å²) in [5, 5.41) is 23.2. The number of alkyl carbamates (subject to hydrolysis) is 1. The summed E-state index contributed by atoms with van der Waals surface area (Å²) in [4.78, 5) is 61.8. The molecule has 3 aromatic carbocycles. The molecular formula is C34H41N5O7. The van der Waals surface area contributed by atoms with Crippen LogP contribution in [0.5, 0.6) is 0 Å². The number of rotatable bonds is 15. The molecule has 0 saturated heterocycles. The highest BCUT2D eigenvalue weighted by Gasteiger charge is 2.25. The molecule has 0 aliphatic rings. The van der Waals surface area contributed by atoms with Crippen LogP contribution in [0.2, 0.25) is 0 Å². The fourth-order valence-corrected chi connectivity index (χ4v) is 4.64. The van der Waals surface area contributed by atoms with Crippen molar-refractivity contribution >= 4 is 41.3 Å². The molecule has 2 atom stereocenters. The van der Waals surface area contributed by atoms with Crippen molar-refractivity contribution in [1.29, 1.82) is 0 Å². The number of carboxylic acid groups (broad SMARTS) is 1. The van der Waals surface area contributed by atoms with Gasteiger partial charge >= 0.3 is 18.1 Å². The van der Waals surface area contributed by atoms with Gasteiger partial charge in [0.25, 0.3) is 0 Å². The quantitative estimate of drug-likeness (QED) is 0.130. The second kappa shape index (κ2) is 17.8. The van der Waals surface area contributed by atoms with Crippen LogP contribution in [0.15, 0.2) is 72.8 Å². The van der Waals surface area contributed by atoms with E-state index in [1.54, 1.807) is 42.5 Å². The molecule has 0 fully saturated rings. The number of nitrogens with one attached hydrogen (secondary N) is 5. The molecule has 0 spiro atoms. The van der Waals surface area contributed by atoms with E-state index < -0.39 is 42.0 Å². The van der Waals surface area contributed by atoms with Gasteiger partial charge in [-0.15, -0.1) is 0 Å². The van der Waals surface area contributed by atoms with Crippen LogP contribution in [-0.2, 0) is 25.5 Å². The first-order chi connectivity index (χ1) is 22.0. The summed E-state index contributed by atoms with van der Waals surface area (Å²) < 4.78 is 4.56. The standard InChI is InChI=1S/C34H41N5O7/c1-22-11-15-25(16-12-22)29(21-31(41)42)38-32(43)28(10-6-7-19-35-34(45)46-3)37-30(40)20-24-13-17-26(18-14-24)36-33(44)39-27-9-5-4-8-23(27)2/h4-5,8-9,11-18,28-29H,6-7,10,19-21H2,1-3H3,(H,35,45)(H,37,40)(H,38,43)(H,41,42)(H2,36,39,44)/t28-,29-/m0/s1. The van der Waals surface area contributed by atoms with Crippen molar-refractivity contribution in [2.75, 3.05) is 24.3 Å². The summed E-state index contributed by atoms with van der Waals surface area (Å²) in [7, 11) is 1.26. The van der Waals surface area contributed by atoms with E-state index in [4.69, 9.17) is 0 Å². The normalized spacial score (nSPS) is 11.8. The summed E-state index contributed by atoms with van der Waals surface area (Å²) in [5.41, 5.74) is 4.44. The van der Waals surface area contributed by atoms with Crippen LogP contribution in [0, 0.1) is 13.8 Å². The number of aliphatic carboxylic acids is 1. The van der Waals surface area contributed by atoms with Crippen LogP contribution in [0.3, 0.4) is 0 Å². The molecule has 244 valence electrons. The van der Waals surface area contributed by atoms with Gasteiger partial charge in [-0.3, -0.25) is 14.4 Å². The zero-order valence-corrected chi connectivity index (χ0v) is 26.2. The van der Waals surface area contributed by atoms with Gasteiger partial charge in [0.05, 0.1) is 26.0 Å². The second-order valence-corrected chi connectivity index (χ2v) is 10.9. The first kappa shape index (κ1) is 35.1. The largest absolute Gasteiger partial charge is 0.481 e. The first-order valence-corrected chi connectivity index (χ1v) is 15.0. The number of carboxylic acids is 1. The SMILES string of the molecule is COC(=O)NCCCC[C@H](NC(=O)Cc1ccc(NC(=O)Nc2ccccc2C)cc1)C(=O)N[C@@H](CC(=O)O)c1ccc(C)cc1. The average Bonchev–Trinajstić information content (AvgIpc) is 3.02. The molecule has 3 rings (SSSR count). The zero-order chi connectivity index (χ0) is 33.5. The molecule has 12 heteroatoms. The zero-order valence-electron chi connectivity index (χ0n) is 26.2. The van der Waals surface area contributed by atoms with Crippen LogP contribution < -0.4 is 26.6 Å². The number of carbonyl (C=O) groups excluding carboxylic acids is 4. The Morgan fingerprint density at radius 1 is 0.826 bits per heavy atom. The van der Waals surface area contributed by atoms with Crippen LogP contribution in [0.25, 0.3) is 0 Å². The molecular weight excluding hydrogens is 590 g/mol. The van der Waals surface area contributed by atoms with Crippen molar-refractivity contribution in [3.05, 3.63) is 95.1 Å². The maximum Gasteiger partial charge on any atom is 0.406 e. The molecule has 0 aliphatic heterocycles. The van der Waals surface area contributed by atoms with Crippen LogP contribution >= 0.6 is 0 Å². The highest BCUT2D eigenvalue weighted by Crippen LogP contribution is 2.19. The number of hydrogen-bond acceptors (Lipinski definition) is 6. The Balaban J connectivity index is 1.63. The lowest BCUT2D eigenvalue weighted by atomic mass is 10.0. The lowest BCUT2D eigenvalue weighted by Crippen LogP contribution is -2.48. The van der Waals surface area contributed by atoms with Crippen molar-refractivity contribution in [2.24, 2.45) is 0 Å². The summed E-state index contributed by atoms with van der Waals surface area (Å²) in [6.07, 6.45) is 0.346. The Kier molecular flexibility index (Phi) is 13.6. The number of unbranched alkanes of at least 4 members (excludes halogenated alkanes) is 1. The number of para-hydroxylation sites is 1. The van der Waals surface area contributed by atoms with E-state index >= 15 is 0 Å². The van der Waals surface area contributed by atoms with E-state index in [9.17, 15) is 29.1 Å². The van der Waals surface area contributed by atoms with Gasteiger partial charge in [-0.1, -0.05) is 60.2 Å². The van der Waals surface area contributed by atoms with E-state index in [0.717, 1.165) is 11.1 Å². The molecule has 0 aromatic heterocycles. The van der Waals surface area contributed by atoms with Crippen molar-refractivity contribution in [3.8, 4) is 0 Å². The predicted molar refractivity (Wildman–Crippen MR) is 174 cm³/mol. The Bertz CT molecular complexity index is 1490. The minimum atomic E-state index is -1.08. The Morgan fingerprint density at radius 2 is 1.52 bits per heavy atom. The molecule has 46 heavy (non-hydrogen) atoms. The molecule has 6 N–H and O–H groups in total. The number of ether oxygens (including phenoxy) is 1. The van der Waals surface area contributed by atoms with Gasteiger partial charge in [0.2, 0.25) is 11.8 Å². The average molecular weight is 632 g/mol. The minimum Gasteiger partial charge on any atom is -0.481 e. The Hall–Kier alpha value is -5.39. The second-order valence-electron chi connectivity index (χ2n) is 10.9. The van der Waals surface area contributed by atoms with Gasteiger partial charge in [0.1, 0.15) is 6.04 Å². The van der Waals surface area contributed by atoms with Crippen molar-refractivity contribution in [2.45, 2.75) is 58.0 Å². The Labute approximate surface area is 268 Å². The van der Waals surface area contributed by atoms with Gasteiger partial charge in [0.15, 0.2) is 0 Å². The lowest BCUT2D eigenvalue weighted by Gasteiger charge is -2.23. The smallest absolute Gasteiger partial charge is 0.406 e. The lowest BCUT2D eigenvalue weighted by molar-refractivity contribution is -0.138. The van der Waals surface area contributed by atoms with E-state index in [1.807, 2.05) is 44.2 Å². The third kappa shape index (κ3) is 11.9. The summed E-state index contributed by atoms with van der Waals surface area (Å²) in [6.45, 7) is 4.12. The highest BCUT2D eigenvalue weighted by atomic mass is 16.5. The molecule has 3 aromatic rings. The number of aryl methyl sites for hydroxylation is 2. The predicted octanol–water partition coefficient (Wildman–Crippen LogP) is 4.83.